The standard InChI is InChI=1S/C14H19NO/c15-10-4-9-14(16)13-8-2-1-7-12(13)11-5-3-6-11/h1-2,7-8,11H,3-6,9-10,15H2. The van der Waals surface area contributed by atoms with E-state index in [1.54, 1.807) is 0 Å². The van der Waals surface area contributed by atoms with Gasteiger partial charge in [0.15, 0.2) is 5.78 Å². The minimum atomic E-state index is 0.257. The van der Waals surface area contributed by atoms with Crippen molar-refractivity contribution in [1.82, 2.24) is 0 Å². The zero-order valence-corrected chi connectivity index (χ0v) is 9.61. The highest BCUT2D eigenvalue weighted by Crippen LogP contribution is 2.38. The summed E-state index contributed by atoms with van der Waals surface area (Å²) in [4.78, 5) is 12.0. The Kier molecular flexibility index (Phi) is 3.73. The molecule has 1 fully saturated rings. The number of hydrogen-bond donors (Lipinski definition) is 1. The van der Waals surface area contributed by atoms with E-state index < -0.39 is 0 Å². The molecule has 2 N–H and O–H groups in total. The van der Waals surface area contributed by atoms with Gasteiger partial charge in [0.25, 0.3) is 0 Å². The Morgan fingerprint density at radius 1 is 1.31 bits per heavy atom. The molecule has 0 unspecified atom stereocenters. The summed E-state index contributed by atoms with van der Waals surface area (Å²) < 4.78 is 0. The van der Waals surface area contributed by atoms with Crippen LogP contribution >= 0.6 is 0 Å². The Morgan fingerprint density at radius 3 is 2.69 bits per heavy atom. The lowest BCUT2D eigenvalue weighted by Crippen LogP contribution is -2.14. The van der Waals surface area contributed by atoms with Crippen LogP contribution in [0.25, 0.3) is 0 Å². The van der Waals surface area contributed by atoms with E-state index in [9.17, 15) is 4.79 Å². The molecule has 0 heterocycles. The highest BCUT2D eigenvalue weighted by molar-refractivity contribution is 5.97. The number of carbonyl (C=O) groups is 1. The van der Waals surface area contributed by atoms with E-state index in [4.69, 9.17) is 5.73 Å². The van der Waals surface area contributed by atoms with Crippen LogP contribution in [0.5, 0.6) is 0 Å². The van der Waals surface area contributed by atoms with E-state index >= 15 is 0 Å². The van der Waals surface area contributed by atoms with Crippen LogP contribution in [0.15, 0.2) is 24.3 Å². The van der Waals surface area contributed by atoms with Crippen LogP contribution in [0.1, 0.15) is 53.9 Å². The topological polar surface area (TPSA) is 43.1 Å². The summed E-state index contributed by atoms with van der Waals surface area (Å²) >= 11 is 0. The number of carbonyl (C=O) groups excluding carboxylic acids is 1. The second kappa shape index (κ2) is 5.26. The monoisotopic (exact) mass is 217 g/mol. The number of rotatable bonds is 5. The molecule has 1 saturated carbocycles. The van der Waals surface area contributed by atoms with Crippen LogP contribution in [0.2, 0.25) is 0 Å². The number of hydrogen-bond acceptors (Lipinski definition) is 2. The van der Waals surface area contributed by atoms with Crippen molar-refractivity contribution in [2.75, 3.05) is 6.54 Å². The third-order valence-electron chi connectivity index (χ3n) is 3.41. The van der Waals surface area contributed by atoms with Crippen molar-refractivity contribution in [2.45, 2.75) is 38.0 Å². The van der Waals surface area contributed by atoms with Gasteiger partial charge in [-0.3, -0.25) is 4.79 Å². The smallest absolute Gasteiger partial charge is 0.163 e. The third-order valence-corrected chi connectivity index (χ3v) is 3.41. The van der Waals surface area contributed by atoms with Crippen LogP contribution in [-0.4, -0.2) is 12.3 Å². The maximum Gasteiger partial charge on any atom is 0.163 e. The summed E-state index contributed by atoms with van der Waals surface area (Å²) in [6, 6.07) is 8.07. The predicted molar refractivity (Wildman–Crippen MR) is 65.7 cm³/mol. The van der Waals surface area contributed by atoms with E-state index in [1.165, 1.54) is 24.8 Å². The van der Waals surface area contributed by atoms with Gasteiger partial charge in [0, 0.05) is 12.0 Å². The lowest BCUT2D eigenvalue weighted by molar-refractivity contribution is 0.0978. The molecule has 2 rings (SSSR count). The van der Waals surface area contributed by atoms with Crippen molar-refractivity contribution in [1.29, 1.82) is 0 Å². The third kappa shape index (κ3) is 2.33. The van der Waals surface area contributed by atoms with E-state index in [1.807, 2.05) is 18.2 Å². The fraction of sp³-hybridized carbons (Fsp3) is 0.500. The summed E-state index contributed by atoms with van der Waals surface area (Å²) in [6.45, 7) is 0.595. The fourth-order valence-electron chi connectivity index (χ4n) is 2.22. The van der Waals surface area contributed by atoms with Crippen molar-refractivity contribution in [2.24, 2.45) is 5.73 Å². The molecule has 0 aromatic heterocycles. The number of ketones is 1. The normalized spacial score (nSPS) is 15.8. The molecule has 0 atom stereocenters. The van der Waals surface area contributed by atoms with Crippen molar-refractivity contribution < 1.29 is 4.79 Å². The van der Waals surface area contributed by atoms with E-state index in [2.05, 4.69) is 6.07 Å². The molecule has 1 aromatic carbocycles. The van der Waals surface area contributed by atoms with Crippen LogP contribution in [0, 0.1) is 0 Å². The van der Waals surface area contributed by atoms with Gasteiger partial charge >= 0.3 is 0 Å². The van der Waals surface area contributed by atoms with Gasteiger partial charge in [-0.05, 0) is 37.3 Å². The molecule has 2 nitrogen and oxygen atoms in total. The molecule has 16 heavy (non-hydrogen) atoms. The number of Topliss-reactive ketones (excluding diaryl/α,β-unsaturated/α-hetero) is 1. The average Bonchev–Trinajstić information content (AvgIpc) is 2.24. The fourth-order valence-corrected chi connectivity index (χ4v) is 2.22. The quantitative estimate of drug-likeness (QED) is 0.771. The summed E-state index contributed by atoms with van der Waals surface area (Å²) in [5.74, 6) is 0.881. The maximum atomic E-state index is 12.0. The van der Waals surface area contributed by atoms with E-state index in [0.717, 1.165) is 12.0 Å². The summed E-state index contributed by atoms with van der Waals surface area (Å²) in [5.41, 5.74) is 7.63. The second-order valence-electron chi connectivity index (χ2n) is 4.53. The summed E-state index contributed by atoms with van der Waals surface area (Å²) in [6.07, 6.45) is 5.15. The largest absolute Gasteiger partial charge is 0.330 e. The van der Waals surface area contributed by atoms with Crippen LogP contribution in [0.4, 0.5) is 0 Å². The van der Waals surface area contributed by atoms with Gasteiger partial charge in [-0.15, -0.1) is 0 Å². The minimum absolute atomic E-state index is 0.257. The summed E-state index contributed by atoms with van der Waals surface area (Å²) in [7, 11) is 0. The van der Waals surface area contributed by atoms with Crippen molar-refractivity contribution in [3.8, 4) is 0 Å². The van der Waals surface area contributed by atoms with Gasteiger partial charge in [0.05, 0.1) is 0 Å². The Morgan fingerprint density at radius 2 is 2.06 bits per heavy atom. The second-order valence-corrected chi connectivity index (χ2v) is 4.53. The molecule has 0 amide bonds. The predicted octanol–water partition coefficient (Wildman–Crippen LogP) is 2.88. The zero-order valence-electron chi connectivity index (χ0n) is 9.61. The van der Waals surface area contributed by atoms with E-state index in [0.29, 0.717) is 18.9 Å². The highest BCUT2D eigenvalue weighted by Gasteiger charge is 2.23. The first-order valence-electron chi connectivity index (χ1n) is 6.15. The molecular weight excluding hydrogens is 198 g/mol. The average molecular weight is 217 g/mol. The molecule has 0 aliphatic heterocycles. The maximum absolute atomic E-state index is 12.0. The van der Waals surface area contributed by atoms with Crippen LogP contribution in [-0.2, 0) is 0 Å². The molecular formula is C14H19NO. The molecule has 0 bridgehead atoms. The zero-order chi connectivity index (χ0) is 11.4. The molecule has 0 radical (unpaired) electrons. The molecule has 1 aliphatic carbocycles. The Balaban J connectivity index is 2.15. The Bertz CT molecular complexity index is 369. The van der Waals surface area contributed by atoms with Gasteiger partial charge in [-0.25, -0.2) is 0 Å². The first kappa shape index (κ1) is 11.3. The van der Waals surface area contributed by atoms with Gasteiger partial charge < -0.3 is 5.73 Å². The Labute approximate surface area is 96.8 Å². The van der Waals surface area contributed by atoms with Gasteiger partial charge in [0.1, 0.15) is 0 Å². The first-order chi connectivity index (χ1) is 7.83. The molecule has 0 spiro atoms. The van der Waals surface area contributed by atoms with Gasteiger partial charge in [0.2, 0.25) is 0 Å². The molecule has 86 valence electrons. The van der Waals surface area contributed by atoms with Crippen LogP contribution < -0.4 is 5.73 Å². The molecule has 1 aliphatic rings. The Hall–Kier alpha value is -1.15. The lowest BCUT2D eigenvalue weighted by atomic mass is 9.77. The van der Waals surface area contributed by atoms with Gasteiger partial charge in [-0.1, -0.05) is 30.7 Å². The number of benzene rings is 1. The van der Waals surface area contributed by atoms with Crippen molar-refractivity contribution >= 4 is 5.78 Å². The first-order valence-corrected chi connectivity index (χ1v) is 6.15. The van der Waals surface area contributed by atoms with E-state index in [-0.39, 0.29) is 5.78 Å². The highest BCUT2D eigenvalue weighted by atomic mass is 16.1. The van der Waals surface area contributed by atoms with Crippen molar-refractivity contribution in [3.63, 3.8) is 0 Å². The summed E-state index contributed by atoms with van der Waals surface area (Å²) in [5, 5.41) is 0. The van der Waals surface area contributed by atoms with Crippen LogP contribution in [0.3, 0.4) is 0 Å². The number of nitrogens with two attached hydrogens (primary N) is 1. The van der Waals surface area contributed by atoms with Gasteiger partial charge in [-0.2, -0.15) is 0 Å². The molecule has 0 saturated heterocycles. The lowest BCUT2D eigenvalue weighted by Gasteiger charge is -2.27. The minimum Gasteiger partial charge on any atom is -0.330 e. The van der Waals surface area contributed by atoms with Crippen molar-refractivity contribution in [3.05, 3.63) is 35.4 Å². The SMILES string of the molecule is NCCCC(=O)c1ccccc1C1CCC1. The molecule has 1 aromatic rings. The molecule has 2 heteroatoms.